The minimum absolute atomic E-state index is 0. The largest absolute Gasteiger partial charge is 1.00 e. The van der Waals surface area contributed by atoms with E-state index in [1.807, 2.05) is 0 Å². The second-order valence-electron chi connectivity index (χ2n) is 2.39. The molecule has 1 aromatic rings. The van der Waals surface area contributed by atoms with Gasteiger partial charge in [0.15, 0.2) is 0 Å². The van der Waals surface area contributed by atoms with E-state index < -0.39 is 11.9 Å². The van der Waals surface area contributed by atoms with Crippen molar-refractivity contribution in [2.24, 2.45) is 0 Å². The number of carbonyl (C=O) groups excluding carboxylic acids is 1. The molecular weight excluding hydrogens is 247 g/mol. The smallest absolute Gasteiger partial charge is 1.00 e. The first-order valence-corrected chi connectivity index (χ1v) is 3.62. The summed E-state index contributed by atoms with van der Waals surface area (Å²) in [6.07, 6.45) is 0. The predicted octanol–water partition coefficient (Wildman–Crippen LogP) is -4.68. The molecule has 0 fully saturated rings. The van der Waals surface area contributed by atoms with Crippen molar-refractivity contribution in [1.29, 1.82) is 0 Å². The minimum atomic E-state index is -1.11. The van der Waals surface area contributed by atoms with Crippen LogP contribution in [0.3, 0.4) is 0 Å². The van der Waals surface area contributed by atoms with Crippen LogP contribution >= 0.6 is 0 Å². The molecule has 0 saturated carbocycles. The Labute approximate surface area is 136 Å². The summed E-state index contributed by atoms with van der Waals surface area (Å²) in [5.41, 5.74) is -0.0160. The fourth-order valence-electron chi connectivity index (χ4n) is 0.887. The Balaban J connectivity index is 0. The zero-order valence-electron chi connectivity index (χ0n) is 8.36. The Morgan fingerprint density at radius 1 is 1.27 bits per heavy atom. The SMILES string of the molecule is CC(=O)Oc1ccccc1C(=O)O.[Cl-].[K+]. The number of para-hydroxylation sites is 1. The van der Waals surface area contributed by atoms with Gasteiger partial charge in [0, 0.05) is 6.92 Å². The molecule has 0 aliphatic rings. The van der Waals surface area contributed by atoms with Crippen LogP contribution in [0.1, 0.15) is 17.3 Å². The molecule has 0 heterocycles. The van der Waals surface area contributed by atoms with E-state index in [0.29, 0.717) is 0 Å². The summed E-state index contributed by atoms with van der Waals surface area (Å²) < 4.78 is 4.69. The third kappa shape index (κ3) is 5.65. The summed E-state index contributed by atoms with van der Waals surface area (Å²) in [4.78, 5) is 21.2. The first-order valence-electron chi connectivity index (χ1n) is 3.62. The van der Waals surface area contributed by atoms with Gasteiger partial charge >= 0.3 is 63.3 Å². The Morgan fingerprint density at radius 2 is 1.80 bits per heavy atom. The number of carboxylic acids is 1. The molecule has 0 radical (unpaired) electrons. The van der Waals surface area contributed by atoms with Crippen LogP contribution in [0.4, 0.5) is 0 Å². The summed E-state index contributed by atoms with van der Waals surface area (Å²) in [6.45, 7) is 1.22. The van der Waals surface area contributed by atoms with Crippen molar-refractivity contribution in [3.8, 4) is 5.75 Å². The average Bonchev–Trinajstić information content (AvgIpc) is 2.03. The molecule has 0 atom stereocenters. The molecule has 0 aliphatic carbocycles. The zero-order chi connectivity index (χ0) is 9.84. The van der Waals surface area contributed by atoms with Crippen LogP contribution in [0.25, 0.3) is 0 Å². The Hall–Kier alpha value is 0.0864. The van der Waals surface area contributed by atoms with Gasteiger partial charge in [-0.2, -0.15) is 0 Å². The summed E-state index contributed by atoms with van der Waals surface area (Å²) in [6, 6.07) is 5.98. The number of hydrogen-bond donors (Lipinski definition) is 1. The topological polar surface area (TPSA) is 63.6 Å². The molecule has 76 valence electrons. The number of hydrogen-bond acceptors (Lipinski definition) is 3. The van der Waals surface area contributed by atoms with Crippen molar-refractivity contribution in [2.75, 3.05) is 0 Å². The predicted molar refractivity (Wildman–Crippen MR) is 44.7 cm³/mol. The van der Waals surface area contributed by atoms with Gasteiger partial charge in [0.1, 0.15) is 11.3 Å². The Bertz CT molecular complexity index is 354. The maximum Gasteiger partial charge on any atom is 1.00 e. The number of ether oxygens (including phenoxy) is 1. The zero-order valence-corrected chi connectivity index (χ0v) is 12.2. The maximum absolute atomic E-state index is 10.6. The number of carbonyl (C=O) groups is 2. The summed E-state index contributed by atoms with van der Waals surface area (Å²) in [7, 11) is 0. The van der Waals surface area contributed by atoms with E-state index in [-0.39, 0.29) is 75.1 Å². The number of benzene rings is 1. The van der Waals surface area contributed by atoms with Crippen LogP contribution in [0, 0.1) is 0 Å². The molecule has 4 nitrogen and oxygen atoms in total. The molecule has 1 rings (SSSR count). The normalized spacial score (nSPS) is 8.07. The average molecular weight is 255 g/mol. The molecule has 0 aromatic heterocycles. The number of carboxylic acid groups (broad SMARTS) is 1. The van der Waals surface area contributed by atoms with Crippen molar-refractivity contribution in [3.63, 3.8) is 0 Å². The summed E-state index contributed by atoms with van der Waals surface area (Å²) in [5.74, 6) is -1.58. The van der Waals surface area contributed by atoms with Gasteiger partial charge < -0.3 is 22.3 Å². The van der Waals surface area contributed by atoms with E-state index in [0.717, 1.165) is 0 Å². The first-order chi connectivity index (χ1) is 6.11. The van der Waals surface area contributed by atoms with Gasteiger partial charge in [-0.1, -0.05) is 12.1 Å². The third-order valence-corrected chi connectivity index (χ3v) is 1.37. The third-order valence-electron chi connectivity index (χ3n) is 1.37. The monoisotopic (exact) mass is 254 g/mol. The molecule has 1 N–H and O–H groups in total. The van der Waals surface area contributed by atoms with E-state index in [1.54, 1.807) is 12.1 Å². The number of aromatic carboxylic acids is 1. The molecule has 0 aliphatic heterocycles. The number of esters is 1. The summed E-state index contributed by atoms with van der Waals surface area (Å²) in [5, 5.41) is 8.69. The quantitative estimate of drug-likeness (QED) is 0.327. The van der Waals surface area contributed by atoms with Gasteiger partial charge in [-0.25, -0.2) is 4.79 Å². The fraction of sp³-hybridized carbons (Fsp3) is 0.111. The van der Waals surface area contributed by atoms with Gasteiger partial charge in [-0.05, 0) is 12.1 Å². The van der Waals surface area contributed by atoms with Crippen LogP contribution in [-0.4, -0.2) is 17.0 Å². The molecule has 0 bridgehead atoms. The van der Waals surface area contributed by atoms with Gasteiger partial charge in [-0.15, -0.1) is 0 Å². The van der Waals surface area contributed by atoms with Crippen LogP contribution in [0.15, 0.2) is 24.3 Å². The van der Waals surface area contributed by atoms with Crippen molar-refractivity contribution in [2.45, 2.75) is 6.92 Å². The molecule has 6 heteroatoms. The minimum Gasteiger partial charge on any atom is -1.00 e. The fourth-order valence-corrected chi connectivity index (χ4v) is 0.887. The molecule has 0 saturated heterocycles. The Morgan fingerprint density at radius 3 is 2.27 bits per heavy atom. The molecule has 0 spiro atoms. The van der Waals surface area contributed by atoms with Crippen LogP contribution in [0.2, 0.25) is 0 Å². The van der Waals surface area contributed by atoms with Crippen LogP contribution < -0.4 is 68.5 Å². The van der Waals surface area contributed by atoms with E-state index >= 15 is 0 Å². The molecule has 0 unspecified atom stereocenters. The van der Waals surface area contributed by atoms with Crippen molar-refractivity contribution in [3.05, 3.63) is 29.8 Å². The van der Waals surface area contributed by atoms with Gasteiger partial charge in [0.25, 0.3) is 0 Å². The molecule has 1 aromatic carbocycles. The first kappa shape index (κ1) is 17.5. The van der Waals surface area contributed by atoms with Crippen molar-refractivity contribution < 1.29 is 83.2 Å². The molecular formula is C9H8ClKO4. The second-order valence-corrected chi connectivity index (χ2v) is 2.39. The van der Waals surface area contributed by atoms with Crippen molar-refractivity contribution >= 4 is 11.9 Å². The van der Waals surface area contributed by atoms with Crippen molar-refractivity contribution in [1.82, 2.24) is 0 Å². The van der Waals surface area contributed by atoms with E-state index in [1.165, 1.54) is 19.1 Å². The van der Waals surface area contributed by atoms with Gasteiger partial charge in [0.05, 0.1) is 0 Å². The van der Waals surface area contributed by atoms with Crippen LogP contribution in [-0.2, 0) is 4.79 Å². The molecule has 0 amide bonds. The number of halogens is 1. The van der Waals surface area contributed by atoms with E-state index in [9.17, 15) is 9.59 Å². The van der Waals surface area contributed by atoms with E-state index in [4.69, 9.17) is 5.11 Å². The van der Waals surface area contributed by atoms with Gasteiger partial charge in [-0.3, -0.25) is 4.79 Å². The van der Waals surface area contributed by atoms with Crippen LogP contribution in [0.5, 0.6) is 5.75 Å². The maximum atomic E-state index is 10.6. The standard InChI is InChI=1S/C9H8O4.ClH.K/c1-6(10)13-8-5-3-2-4-7(8)9(11)12;;/h2-5H,1H3,(H,11,12);1H;/q;;+1/p-1. The Kier molecular flexibility index (Phi) is 9.63. The summed E-state index contributed by atoms with van der Waals surface area (Å²) >= 11 is 0. The van der Waals surface area contributed by atoms with Gasteiger partial charge in [0.2, 0.25) is 0 Å². The number of rotatable bonds is 2. The molecule has 15 heavy (non-hydrogen) atoms. The van der Waals surface area contributed by atoms with E-state index in [2.05, 4.69) is 4.74 Å². The second kappa shape index (κ2) is 8.26.